The van der Waals surface area contributed by atoms with Crippen LogP contribution in [-0.4, -0.2) is 22.7 Å². The van der Waals surface area contributed by atoms with Crippen molar-refractivity contribution >= 4 is 22.3 Å². The molecule has 0 spiro atoms. The fourth-order valence-electron chi connectivity index (χ4n) is 4.52. The third kappa shape index (κ3) is 3.91. The van der Waals surface area contributed by atoms with Crippen LogP contribution in [0.4, 0.5) is 11.4 Å². The molecule has 0 saturated heterocycles. The summed E-state index contributed by atoms with van der Waals surface area (Å²) in [6, 6.07) is 21.4. The van der Waals surface area contributed by atoms with Crippen LogP contribution in [0.15, 0.2) is 66.9 Å². The third-order valence-corrected chi connectivity index (χ3v) is 6.36. The molecule has 5 rings (SSSR count). The molecule has 2 aromatic heterocycles. The molecule has 32 heavy (non-hydrogen) atoms. The van der Waals surface area contributed by atoms with Crippen molar-refractivity contribution in [1.82, 2.24) is 9.55 Å². The second kappa shape index (κ2) is 8.95. The summed E-state index contributed by atoms with van der Waals surface area (Å²) in [6.07, 6.45) is 6.40. The molecule has 0 unspecified atom stereocenters. The van der Waals surface area contributed by atoms with Crippen molar-refractivity contribution in [3.8, 4) is 17.0 Å². The molecule has 164 valence electrons. The van der Waals surface area contributed by atoms with Gasteiger partial charge in [0.2, 0.25) is 0 Å². The van der Waals surface area contributed by atoms with E-state index in [1.54, 1.807) is 0 Å². The summed E-state index contributed by atoms with van der Waals surface area (Å²) in [5.41, 5.74) is 13.2. The Morgan fingerprint density at radius 1 is 1.09 bits per heavy atom. The molecule has 2 heterocycles. The lowest BCUT2D eigenvalue weighted by Crippen LogP contribution is -2.18. The van der Waals surface area contributed by atoms with E-state index >= 15 is 0 Å². The first-order valence-corrected chi connectivity index (χ1v) is 11.5. The van der Waals surface area contributed by atoms with Crippen LogP contribution in [0.5, 0.6) is 5.75 Å². The number of aromatic nitrogens is 2. The van der Waals surface area contributed by atoms with E-state index in [9.17, 15) is 0 Å². The van der Waals surface area contributed by atoms with Crippen molar-refractivity contribution in [3.63, 3.8) is 0 Å². The van der Waals surface area contributed by atoms with Crippen LogP contribution >= 0.6 is 0 Å². The number of nitrogens with zero attached hydrogens (tertiary/aromatic N) is 2. The van der Waals surface area contributed by atoms with Gasteiger partial charge >= 0.3 is 0 Å². The molecule has 0 radical (unpaired) electrons. The lowest BCUT2D eigenvalue weighted by molar-refractivity contribution is 0.323. The van der Waals surface area contributed by atoms with Gasteiger partial charge in [-0.15, -0.1) is 0 Å². The van der Waals surface area contributed by atoms with Crippen molar-refractivity contribution in [3.05, 3.63) is 72.6 Å². The number of hydrogen-bond acceptors (Lipinski definition) is 4. The minimum absolute atomic E-state index is 0.498. The largest absolute Gasteiger partial charge is 0.494 e. The Morgan fingerprint density at radius 3 is 2.62 bits per heavy atom. The zero-order chi connectivity index (χ0) is 21.9. The van der Waals surface area contributed by atoms with E-state index in [1.807, 2.05) is 31.3 Å². The van der Waals surface area contributed by atoms with Gasteiger partial charge in [-0.25, -0.2) is 0 Å². The fourth-order valence-corrected chi connectivity index (χ4v) is 4.52. The van der Waals surface area contributed by atoms with Crippen LogP contribution in [0.25, 0.3) is 22.2 Å². The molecule has 1 fully saturated rings. The second-order valence-corrected chi connectivity index (χ2v) is 8.40. The van der Waals surface area contributed by atoms with Crippen LogP contribution in [-0.2, 0) is 6.42 Å². The minimum Gasteiger partial charge on any atom is -0.494 e. The first kappa shape index (κ1) is 20.4. The molecule has 1 aliphatic rings. The quantitative estimate of drug-likeness (QED) is 0.359. The summed E-state index contributed by atoms with van der Waals surface area (Å²) in [7, 11) is 0. The van der Waals surface area contributed by atoms with Gasteiger partial charge in [-0.3, -0.25) is 4.98 Å². The smallest absolute Gasteiger partial charge is 0.121 e. The highest BCUT2D eigenvalue weighted by atomic mass is 16.5. The van der Waals surface area contributed by atoms with Crippen molar-refractivity contribution in [2.24, 2.45) is 0 Å². The number of nitrogens with one attached hydrogen (secondary N) is 1. The van der Waals surface area contributed by atoms with Gasteiger partial charge in [0.25, 0.3) is 0 Å². The van der Waals surface area contributed by atoms with Gasteiger partial charge in [-0.1, -0.05) is 18.2 Å². The van der Waals surface area contributed by atoms with Gasteiger partial charge < -0.3 is 20.4 Å². The number of fused-ring (bicyclic) bond motifs is 1. The molecule has 4 aromatic rings. The van der Waals surface area contributed by atoms with E-state index in [2.05, 4.69) is 57.3 Å². The van der Waals surface area contributed by atoms with E-state index in [1.165, 1.54) is 24.8 Å². The molecule has 0 aliphatic heterocycles. The molecule has 2 aromatic carbocycles. The Labute approximate surface area is 189 Å². The SMILES string of the molecule is CCOc1ccc2c(N)c(-c3ccc(NCCc4ccccn4)cc3)n(C3CCC3)c2c1. The Morgan fingerprint density at radius 2 is 1.94 bits per heavy atom. The van der Waals surface area contributed by atoms with Gasteiger partial charge in [0.15, 0.2) is 0 Å². The predicted octanol–water partition coefficient (Wildman–Crippen LogP) is 6.06. The molecule has 0 bridgehead atoms. The van der Waals surface area contributed by atoms with Gasteiger partial charge in [0.1, 0.15) is 5.75 Å². The molecular weight excluding hydrogens is 396 g/mol. The summed E-state index contributed by atoms with van der Waals surface area (Å²) >= 11 is 0. The van der Waals surface area contributed by atoms with Crippen LogP contribution < -0.4 is 15.8 Å². The number of nitrogens with two attached hydrogens (primary N) is 1. The number of anilines is 2. The highest BCUT2D eigenvalue weighted by Crippen LogP contribution is 2.44. The lowest BCUT2D eigenvalue weighted by Gasteiger charge is -2.30. The number of nitrogen functional groups attached to an aromatic ring is 1. The average Bonchev–Trinajstić information content (AvgIpc) is 3.06. The summed E-state index contributed by atoms with van der Waals surface area (Å²) in [5, 5.41) is 4.60. The van der Waals surface area contributed by atoms with Gasteiger partial charge in [-0.2, -0.15) is 0 Å². The van der Waals surface area contributed by atoms with Crippen molar-refractivity contribution in [2.75, 3.05) is 24.2 Å². The molecule has 3 N–H and O–H groups in total. The maximum absolute atomic E-state index is 6.71. The zero-order valence-corrected chi connectivity index (χ0v) is 18.6. The molecule has 1 aliphatic carbocycles. The first-order valence-electron chi connectivity index (χ1n) is 11.5. The van der Waals surface area contributed by atoms with E-state index < -0.39 is 0 Å². The predicted molar refractivity (Wildman–Crippen MR) is 132 cm³/mol. The molecule has 0 atom stereocenters. The molecule has 1 saturated carbocycles. The van der Waals surface area contributed by atoms with Crippen molar-refractivity contribution in [1.29, 1.82) is 0 Å². The highest BCUT2D eigenvalue weighted by Gasteiger charge is 2.27. The fraction of sp³-hybridized carbons (Fsp3) is 0.296. The number of benzene rings is 2. The van der Waals surface area contributed by atoms with Crippen molar-refractivity contribution < 1.29 is 4.74 Å². The number of hydrogen-bond donors (Lipinski definition) is 2. The normalized spacial score (nSPS) is 13.8. The Hall–Kier alpha value is -3.47. The summed E-state index contributed by atoms with van der Waals surface area (Å²) in [6.45, 7) is 3.52. The molecule has 5 heteroatoms. The topological polar surface area (TPSA) is 65.1 Å². The highest BCUT2D eigenvalue weighted by molar-refractivity contribution is 6.01. The Kier molecular flexibility index (Phi) is 5.71. The summed E-state index contributed by atoms with van der Waals surface area (Å²) in [4.78, 5) is 4.39. The average molecular weight is 427 g/mol. The Balaban J connectivity index is 1.42. The van der Waals surface area contributed by atoms with Gasteiger partial charge in [0.05, 0.1) is 23.5 Å². The number of rotatable bonds is 8. The first-order chi connectivity index (χ1) is 15.7. The second-order valence-electron chi connectivity index (χ2n) is 8.40. The van der Waals surface area contributed by atoms with Crippen LogP contribution in [0.2, 0.25) is 0 Å². The van der Waals surface area contributed by atoms with Crippen molar-refractivity contribution in [2.45, 2.75) is 38.6 Å². The van der Waals surface area contributed by atoms with E-state index in [0.717, 1.165) is 52.4 Å². The van der Waals surface area contributed by atoms with Crippen LogP contribution in [0.1, 0.15) is 37.9 Å². The summed E-state index contributed by atoms with van der Waals surface area (Å²) in [5.74, 6) is 0.900. The maximum Gasteiger partial charge on any atom is 0.121 e. The molecular formula is C27H30N4O. The molecule has 0 amide bonds. The lowest BCUT2D eigenvalue weighted by atomic mass is 9.92. The van der Waals surface area contributed by atoms with E-state index in [0.29, 0.717) is 12.6 Å². The Bertz CT molecular complexity index is 1190. The standard InChI is InChI=1S/C27H30N4O/c1-2-32-23-13-14-24-25(18-23)31(22-7-5-8-22)27(26(24)28)19-9-11-21(12-10-19)30-17-15-20-6-3-4-16-29-20/h3-4,6,9-14,16,18,22,30H,2,5,7-8,15,17,28H2,1H3. The van der Waals surface area contributed by atoms with Crippen LogP contribution in [0.3, 0.4) is 0 Å². The van der Waals surface area contributed by atoms with E-state index in [-0.39, 0.29) is 0 Å². The van der Waals surface area contributed by atoms with Crippen LogP contribution in [0, 0.1) is 0 Å². The third-order valence-electron chi connectivity index (χ3n) is 6.36. The van der Waals surface area contributed by atoms with Gasteiger partial charge in [-0.05, 0) is 62.6 Å². The molecule has 5 nitrogen and oxygen atoms in total. The maximum atomic E-state index is 6.71. The zero-order valence-electron chi connectivity index (χ0n) is 18.6. The van der Waals surface area contributed by atoms with E-state index in [4.69, 9.17) is 10.5 Å². The number of pyridine rings is 1. The van der Waals surface area contributed by atoms with Gasteiger partial charge in [0, 0.05) is 53.6 Å². The monoisotopic (exact) mass is 426 g/mol. The number of ether oxygens (including phenoxy) is 1. The summed E-state index contributed by atoms with van der Waals surface area (Å²) < 4.78 is 8.22. The minimum atomic E-state index is 0.498.